The van der Waals surface area contributed by atoms with Crippen molar-refractivity contribution in [2.75, 3.05) is 0 Å². The molecule has 196 valence electrons. The van der Waals surface area contributed by atoms with E-state index in [-0.39, 0.29) is 16.2 Å². The molecular weight excluding hydrogens is 536 g/mol. The Morgan fingerprint density at radius 3 is 2.61 bits per heavy atom. The number of fused-ring (bicyclic) bond motifs is 2. The lowest BCUT2D eigenvalue weighted by Gasteiger charge is -2.44. The first-order chi connectivity index (χ1) is 18.0. The van der Waals surface area contributed by atoms with E-state index in [1.807, 2.05) is 0 Å². The molecule has 38 heavy (non-hydrogen) atoms. The molecule has 3 aromatic rings. The molecule has 1 aromatic carbocycles. The molecule has 0 aliphatic carbocycles. The van der Waals surface area contributed by atoms with Crippen LogP contribution in [0.15, 0.2) is 47.4 Å². The molecule has 0 spiro atoms. The normalized spacial score (nSPS) is 22.3. The van der Waals surface area contributed by atoms with Crippen molar-refractivity contribution in [2.45, 2.75) is 42.1 Å². The molecule has 0 radical (unpaired) electrons. The van der Waals surface area contributed by atoms with Crippen LogP contribution < -0.4 is 16.2 Å². The molecule has 2 aliphatic rings. The smallest absolute Gasteiger partial charge is 0.327 e. The number of aromatic amines is 1. The highest BCUT2D eigenvalue weighted by molar-refractivity contribution is 8.01. The van der Waals surface area contributed by atoms with E-state index in [0.29, 0.717) is 5.56 Å². The number of carbonyl (C=O) groups excluding carboxylic acids is 3. The molecule has 2 aliphatic heterocycles. The molecule has 0 bridgehead atoms. The third kappa shape index (κ3) is 4.37. The van der Waals surface area contributed by atoms with Crippen molar-refractivity contribution in [1.29, 1.82) is 0 Å². The Morgan fingerprint density at radius 2 is 1.92 bits per heavy atom. The van der Waals surface area contributed by atoms with Crippen LogP contribution in [0.2, 0.25) is 5.02 Å². The number of β-lactam (4-membered cyclic amide) rings is 1. The molecule has 2 aromatic heterocycles. The first kappa shape index (κ1) is 25.7. The second-order valence-corrected chi connectivity index (χ2v) is 11.5. The lowest BCUT2D eigenvalue weighted by molar-refractivity contribution is -0.161. The average molecular weight is 557 g/mol. The number of halogens is 1. The number of aliphatic carboxylic acids is 1. The summed E-state index contributed by atoms with van der Waals surface area (Å²) in [6.07, 6.45) is 1.32. The molecule has 4 heterocycles. The van der Waals surface area contributed by atoms with Gasteiger partial charge in [-0.15, -0.1) is 11.8 Å². The van der Waals surface area contributed by atoms with E-state index < -0.39 is 63.2 Å². The number of benzene rings is 1. The molecule has 0 saturated carbocycles. The van der Waals surface area contributed by atoms with Crippen LogP contribution in [-0.2, 0) is 14.4 Å². The summed E-state index contributed by atoms with van der Waals surface area (Å²) in [5.74, 6) is -3.28. The Hall–Kier alpha value is -3.97. The second kappa shape index (κ2) is 9.40. The quantitative estimate of drug-likeness (QED) is 0.324. The molecule has 2 saturated heterocycles. The summed E-state index contributed by atoms with van der Waals surface area (Å²) in [4.78, 5) is 75.5. The third-order valence-corrected chi connectivity index (χ3v) is 8.15. The van der Waals surface area contributed by atoms with Gasteiger partial charge >= 0.3 is 5.97 Å². The molecule has 5 rings (SSSR count). The summed E-state index contributed by atoms with van der Waals surface area (Å²) >= 11 is 7.23. The Labute approximate surface area is 224 Å². The molecule has 4 atom stereocenters. The van der Waals surface area contributed by atoms with Crippen LogP contribution in [0.4, 0.5) is 0 Å². The largest absolute Gasteiger partial charge is 0.480 e. The van der Waals surface area contributed by atoms with Crippen LogP contribution in [0.25, 0.3) is 11.2 Å². The van der Waals surface area contributed by atoms with Crippen LogP contribution in [0.3, 0.4) is 0 Å². The number of rotatable bonds is 6. The van der Waals surface area contributed by atoms with Crippen molar-refractivity contribution >= 4 is 58.2 Å². The maximum atomic E-state index is 13.4. The van der Waals surface area contributed by atoms with Gasteiger partial charge in [-0.2, -0.15) is 0 Å². The van der Waals surface area contributed by atoms with E-state index in [1.165, 1.54) is 28.9 Å². The van der Waals surface area contributed by atoms with Crippen LogP contribution in [0.5, 0.6) is 0 Å². The second-order valence-electron chi connectivity index (χ2n) is 9.34. The van der Waals surface area contributed by atoms with Gasteiger partial charge in [-0.25, -0.2) is 14.8 Å². The molecule has 14 heteroatoms. The number of amides is 3. The van der Waals surface area contributed by atoms with Crippen molar-refractivity contribution in [3.05, 3.63) is 69.2 Å². The fourth-order valence-corrected chi connectivity index (χ4v) is 6.41. The van der Waals surface area contributed by atoms with E-state index in [1.54, 1.807) is 44.2 Å². The molecule has 2 fully saturated rings. The van der Waals surface area contributed by atoms with Crippen molar-refractivity contribution in [2.24, 2.45) is 0 Å². The lowest BCUT2D eigenvalue weighted by Crippen LogP contribution is -2.71. The van der Waals surface area contributed by atoms with Gasteiger partial charge in [-0.3, -0.25) is 19.2 Å². The zero-order valence-corrected chi connectivity index (χ0v) is 21.5. The number of carboxylic acid groups (broad SMARTS) is 1. The SMILES string of the molecule is CC1(C)S[C@@H]2C(NC(=O)C(NC(=O)c3nc4cc(Cl)cnc4[nH]c3=O)c3ccccc3)C(=O)N2[C@H]1C(=O)O. The number of hydrogen-bond donors (Lipinski definition) is 4. The Morgan fingerprint density at radius 1 is 1.21 bits per heavy atom. The first-order valence-corrected chi connectivity index (χ1v) is 12.7. The number of thioether (sulfide) groups is 1. The maximum absolute atomic E-state index is 13.4. The first-order valence-electron chi connectivity index (χ1n) is 11.4. The van der Waals surface area contributed by atoms with E-state index >= 15 is 0 Å². The number of H-pyrrole nitrogens is 1. The minimum atomic E-state index is -1.28. The monoisotopic (exact) mass is 556 g/mol. The van der Waals surface area contributed by atoms with Crippen LogP contribution in [0, 0.1) is 0 Å². The number of nitrogens with zero attached hydrogens (tertiary/aromatic N) is 3. The summed E-state index contributed by atoms with van der Waals surface area (Å²) in [6, 6.07) is 6.41. The minimum Gasteiger partial charge on any atom is -0.480 e. The van der Waals surface area contributed by atoms with Gasteiger partial charge in [0.15, 0.2) is 11.3 Å². The van der Waals surface area contributed by atoms with Crippen LogP contribution >= 0.6 is 23.4 Å². The van der Waals surface area contributed by atoms with Crippen molar-refractivity contribution in [3.8, 4) is 0 Å². The standard InChI is InChI=1S/C24H21ClN6O6S/c1-24(2)16(23(36)37)31-21(35)15(22(31)38-24)29-18(32)13(10-6-4-3-5-7-10)28-19(33)14-20(34)30-17-12(27-14)8-11(25)9-26-17/h3-9,13,15-16,22H,1-2H3,(H,28,33)(H,29,32)(H,36,37)(H,26,30,34)/t13?,15?,16-,22+/m0/s1. The Bertz CT molecular complexity index is 1550. The zero-order valence-electron chi connectivity index (χ0n) is 20.0. The zero-order chi connectivity index (χ0) is 27.4. The Balaban J connectivity index is 1.40. The van der Waals surface area contributed by atoms with Crippen LogP contribution in [-0.4, -0.2) is 70.9 Å². The van der Waals surface area contributed by atoms with Gasteiger partial charge in [0, 0.05) is 10.9 Å². The van der Waals surface area contributed by atoms with Crippen molar-refractivity contribution < 1.29 is 24.3 Å². The van der Waals surface area contributed by atoms with E-state index in [0.717, 1.165) is 0 Å². The molecule has 3 amide bonds. The molecule has 12 nitrogen and oxygen atoms in total. The summed E-state index contributed by atoms with van der Waals surface area (Å²) < 4.78 is -0.765. The highest BCUT2D eigenvalue weighted by atomic mass is 35.5. The third-order valence-electron chi connectivity index (χ3n) is 6.37. The highest BCUT2D eigenvalue weighted by Crippen LogP contribution is 2.50. The van der Waals surface area contributed by atoms with Gasteiger partial charge in [-0.1, -0.05) is 41.9 Å². The summed E-state index contributed by atoms with van der Waals surface area (Å²) in [5.41, 5.74) is -0.605. The van der Waals surface area contributed by atoms with Crippen molar-refractivity contribution in [3.63, 3.8) is 0 Å². The van der Waals surface area contributed by atoms with Crippen LogP contribution in [0.1, 0.15) is 35.9 Å². The molecule has 4 N–H and O–H groups in total. The topological polar surface area (TPSA) is 174 Å². The summed E-state index contributed by atoms with van der Waals surface area (Å²) in [7, 11) is 0. The summed E-state index contributed by atoms with van der Waals surface area (Å²) in [6.45, 7) is 3.45. The fraction of sp³-hybridized carbons (Fsp3) is 0.292. The van der Waals surface area contributed by atoms with Gasteiger partial charge in [0.05, 0.1) is 5.02 Å². The number of hydrogen-bond acceptors (Lipinski definition) is 8. The lowest BCUT2D eigenvalue weighted by atomic mass is 9.95. The van der Waals surface area contributed by atoms with Gasteiger partial charge in [-0.05, 0) is 25.5 Å². The number of carboxylic acids is 1. The number of pyridine rings is 1. The van der Waals surface area contributed by atoms with Gasteiger partial charge in [0.25, 0.3) is 11.5 Å². The van der Waals surface area contributed by atoms with Gasteiger partial charge in [0.1, 0.15) is 29.0 Å². The summed E-state index contributed by atoms with van der Waals surface area (Å²) in [5, 5.41) is 14.5. The predicted octanol–water partition coefficient (Wildman–Crippen LogP) is 1.07. The van der Waals surface area contributed by atoms with Crippen molar-refractivity contribution in [1.82, 2.24) is 30.5 Å². The number of nitrogens with one attached hydrogen (secondary N) is 3. The maximum Gasteiger partial charge on any atom is 0.327 e. The Kier molecular flexibility index (Phi) is 6.35. The highest BCUT2D eigenvalue weighted by Gasteiger charge is 2.64. The average Bonchev–Trinajstić information content (AvgIpc) is 3.13. The number of carbonyl (C=O) groups is 4. The minimum absolute atomic E-state index is 0.137. The van der Waals surface area contributed by atoms with E-state index in [9.17, 15) is 29.1 Å². The predicted molar refractivity (Wildman–Crippen MR) is 137 cm³/mol. The van der Waals surface area contributed by atoms with E-state index in [2.05, 4.69) is 25.6 Å². The number of aromatic nitrogens is 3. The molecular formula is C24H21ClN6O6S. The van der Waals surface area contributed by atoms with Gasteiger partial charge < -0.3 is 25.6 Å². The molecule has 2 unspecified atom stereocenters. The van der Waals surface area contributed by atoms with E-state index in [4.69, 9.17) is 11.6 Å². The fourth-order valence-electron chi connectivity index (χ4n) is 4.63. The van der Waals surface area contributed by atoms with Gasteiger partial charge in [0.2, 0.25) is 11.8 Å².